The molecular formula is C20H23NO5. The van der Waals surface area contributed by atoms with Crippen LogP contribution in [0.25, 0.3) is 0 Å². The second kappa shape index (κ2) is 7.83. The molecule has 1 unspecified atom stereocenters. The molecule has 1 heterocycles. The molecule has 0 radical (unpaired) electrons. The van der Waals surface area contributed by atoms with Crippen LogP contribution in [0.4, 0.5) is 0 Å². The molecule has 1 N–H and O–H groups in total. The zero-order chi connectivity index (χ0) is 18.7. The molecule has 26 heavy (non-hydrogen) atoms. The van der Waals surface area contributed by atoms with Crippen LogP contribution in [0.15, 0.2) is 40.5 Å². The minimum Gasteiger partial charge on any atom is -0.508 e. The topological polar surface area (TPSA) is 85.2 Å². The van der Waals surface area contributed by atoms with E-state index in [1.165, 1.54) is 7.11 Å². The van der Waals surface area contributed by atoms with Crippen molar-refractivity contribution in [1.82, 2.24) is 0 Å². The van der Waals surface area contributed by atoms with Crippen LogP contribution in [0.5, 0.6) is 5.75 Å². The van der Waals surface area contributed by atoms with Crippen LogP contribution in [-0.2, 0) is 19.1 Å². The molecule has 0 bridgehead atoms. The maximum atomic E-state index is 12.8. The van der Waals surface area contributed by atoms with Gasteiger partial charge < -0.3 is 14.6 Å². The number of aromatic hydroxyl groups is 1. The number of methoxy groups -OCH3 is 1. The van der Waals surface area contributed by atoms with Gasteiger partial charge in [0.15, 0.2) is 5.78 Å². The Labute approximate surface area is 152 Å². The first-order chi connectivity index (χ1) is 12.5. The largest absolute Gasteiger partial charge is 0.508 e. The van der Waals surface area contributed by atoms with Crippen molar-refractivity contribution in [2.45, 2.75) is 32.1 Å². The van der Waals surface area contributed by atoms with E-state index < -0.39 is 17.8 Å². The SMILES string of the molecule is COCCOC(=O)C1C(C)=NC2=C(C(=O)CCC2)[C@@H]1c1ccc(O)cc1. The number of nitrogens with zero attached hydrogens (tertiary/aromatic N) is 1. The highest BCUT2D eigenvalue weighted by Gasteiger charge is 2.43. The monoisotopic (exact) mass is 357 g/mol. The first kappa shape index (κ1) is 18.3. The van der Waals surface area contributed by atoms with E-state index in [9.17, 15) is 14.7 Å². The summed E-state index contributed by atoms with van der Waals surface area (Å²) in [6, 6.07) is 6.63. The molecule has 0 fully saturated rings. The minimum absolute atomic E-state index is 0.0373. The van der Waals surface area contributed by atoms with Gasteiger partial charge in [-0.1, -0.05) is 12.1 Å². The molecule has 0 amide bonds. The highest BCUT2D eigenvalue weighted by atomic mass is 16.6. The number of hydrogen-bond acceptors (Lipinski definition) is 6. The van der Waals surface area contributed by atoms with Gasteiger partial charge in [-0.05, 0) is 37.5 Å². The molecule has 3 rings (SSSR count). The van der Waals surface area contributed by atoms with Gasteiger partial charge in [0.05, 0.1) is 6.61 Å². The molecular weight excluding hydrogens is 334 g/mol. The summed E-state index contributed by atoms with van der Waals surface area (Å²) in [5.41, 5.74) is 2.84. The summed E-state index contributed by atoms with van der Waals surface area (Å²) in [4.78, 5) is 30.0. The summed E-state index contributed by atoms with van der Waals surface area (Å²) in [6.45, 7) is 2.27. The molecule has 6 heteroatoms. The van der Waals surface area contributed by atoms with E-state index in [1.54, 1.807) is 31.2 Å². The molecule has 0 saturated carbocycles. The third-order valence-electron chi connectivity index (χ3n) is 4.87. The highest BCUT2D eigenvalue weighted by Crippen LogP contribution is 2.43. The van der Waals surface area contributed by atoms with Crippen molar-refractivity contribution in [2.75, 3.05) is 20.3 Å². The van der Waals surface area contributed by atoms with Crippen LogP contribution in [0.1, 0.15) is 37.7 Å². The van der Waals surface area contributed by atoms with Crippen LogP contribution in [0.3, 0.4) is 0 Å². The number of rotatable bonds is 5. The Balaban J connectivity index is 2.02. The van der Waals surface area contributed by atoms with Crippen molar-refractivity contribution in [3.63, 3.8) is 0 Å². The minimum atomic E-state index is -0.655. The number of allylic oxidation sites excluding steroid dienone is 2. The fraction of sp³-hybridized carbons (Fsp3) is 0.450. The summed E-state index contributed by atoms with van der Waals surface area (Å²) in [7, 11) is 1.54. The Morgan fingerprint density at radius 2 is 1.96 bits per heavy atom. The molecule has 0 aromatic heterocycles. The van der Waals surface area contributed by atoms with Crippen molar-refractivity contribution in [3.05, 3.63) is 41.1 Å². The van der Waals surface area contributed by atoms with E-state index in [1.807, 2.05) is 0 Å². The third-order valence-corrected chi connectivity index (χ3v) is 4.87. The average Bonchev–Trinajstić information content (AvgIpc) is 2.61. The standard InChI is InChI=1S/C20H23NO5/c1-12-17(20(24)26-11-10-25-2)18(13-6-8-14(22)9-7-13)19-15(21-12)4-3-5-16(19)23/h6-9,17-18,22H,3-5,10-11H2,1-2H3/t17?,18-/m1/s1. The van der Waals surface area contributed by atoms with Gasteiger partial charge in [0, 0.05) is 36.4 Å². The van der Waals surface area contributed by atoms with E-state index in [2.05, 4.69) is 4.99 Å². The molecule has 1 aliphatic heterocycles. The summed E-state index contributed by atoms with van der Waals surface area (Å²) in [5.74, 6) is -1.33. The first-order valence-corrected chi connectivity index (χ1v) is 8.79. The number of phenolic OH excluding ortho intramolecular Hbond substituents is 1. The van der Waals surface area contributed by atoms with E-state index in [0.717, 1.165) is 24.1 Å². The number of hydrogen-bond donors (Lipinski definition) is 1. The summed E-state index contributed by atoms with van der Waals surface area (Å²) >= 11 is 0. The van der Waals surface area contributed by atoms with Gasteiger partial charge in [-0.2, -0.15) is 0 Å². The molecule has 2 atom stereocenters. The Kier molecular flexibility index (Phi) is 5.52. The van der Waals surface area contributed by atoms with Crippen molar-refractivity contribution in [3.8, 4) is 5.75 Å². The second-order valence-corrected chi connectivity index (χ2v) is 6.60. The predicted octanol–water partition coefficient (Wildman–Crippen LogP) is 2.76. The number of aliphatic imine (C=N–C) groups is 1. The number of ether oxygens (including phenoxy) is 2. The lowest BCUT2D eigenvalue weighted by molar-refractivity contribution is -0.147. The summed E-state index contributed by atoms with van der Waals surface area (Å²) in [6.07, 6.45) is 1.98. The molecule has 6 nitrogen and oxygen atoms in total. The van der Waals surface area contributed by atoms with Gasteiger partial charge in [0.2, 0.25) is 0 Å². The Hall–Kier alpha value is -2.47. The molecule has 0 spiro atoms. The summed E-state index contributed by atoms with van der Waals surface area (Å²) < 4.78 is 10.3. The van der Waals surface area contributed by atoms with Crippen LogP contribution in [-0.4, -0.2) is 42.9 Å². The lowest BCUT2D eigenvalue weighted by Crippen LogP contribution is -2.37. The van der Waals surface area contributed by atoms with Gasteiger partial charge in [-0.3, -0.25) is 14.6 Å². The van der Waals surface area contributed by atoms with Crippen LogP contribution in [0, 0.1) is 5.92 Å². The van der Waals surface area contributed by atoms with Gasteiger partial charge in [-0.15, -0.1) is 0 Å². The quantitative estimate of drug-likeness (QED) is 0.647. The highest BCUT2D eigenvalue weighted by molar-refractivity contribution is 6.08. The number of carbonyl (C=O) groups is 2. The van der Waals surface area contributed by atoms with Crippen molar-refractivity contribution < 1.29 is 24.2 Å². The Morgan fingerprint density at radius 3 is 2.65 bits per heavy atom. The second-order valence-electron chi connectivity index (χ2n) is 6.60. The van der Waals surface area contributed by atoms with Crippen molar-refractivity contribution >= 4 is 17.5 Å². The smallest absolute Gasteiger partial charge is 0.315 e. The zero-order valence-corrected chi connectivity index (χ0v) is 15.0. The maximum absolute atomic E-state index is 12.8. The number of carbonyl (C=O) groups excluding carboxylic acids is 2. The lowest BCUT2D eigenvalue weighted by Gasteiger charge is -2.34. The van der Waals surface area contributed by atoms with Crippen LogP contribution >= 0.6 is 0 Å². The molecule has 138 valence electrons. The number of ketones is 1. The van der Waals surface area contributed by atoms with E-state index in [-0.39, 0.29) is 18.1 Å². The van der Waals surface area contributed by atoms with E-state index in [4.69, 9.17) is 9.47 Å². The zero-order valence-electron chi connectivity index (χ0n) is 15.0. The lowest BCUT2D eigenvalue weighted by atomic mass is 9.72. The Morgan fingerprint density at radius 1 is 1.23 bits per heavy atom. The average molecular weight is 357 g/mol. The number of Topliss-reactive ketones (excluding diaryl/α,β-unsaturated/α-hetero) is 1. The molecule has 1 aromatic carbocycles. The molecule has 2 aliphatic rings. The first-order valence-electron chi connectivity index (χ1n) is 8.79. The molecule has 1 aromatic rings. The van der Waals surface area contributed by atoms with Gasteiger partial charge in [0.1, 0.15) is 18.3 Å². The van der Waals surface area contributed by atoms with Gasteiger partial charge in [-0.25, -0.2) is 0 Å². The molecule has 0 saturated heterocycles. The Bertz CT molecular complexity index is 763. The fourth-order valence-electron chi connectivity index (χ4n) is 3.67. The third kappa shape index (κ3) is 3.55. The van der Waals surface area contributed by atoms with E-state index in [0.29, 0.717) is 24.3 Å². The predicted molar refractivity (Wildman–Crippen MR) is 96.2 cm³/mol. The van der Waals surface area contributed by atoms with Crippen LogP contribution in [0.2, 0.25) is 0 Å². The summed E-state index contributed by atoms with van der Waals surface area (Å²) in [5, 5.41) is 9.60. The fourth-order valence-corrected chi connectivity index (χ4v) is 3.67. The number of phenols is 1. The number of benzene rings is 1. The molecule has 1 aliphatic carbocycles. The van der Waals surface area contributed by atoms with Crippen molar-refractivity contribution in [2.24, 2.45) is 10.9 Å². The normalized spacial score (nSPS) is 22.7. The van der Waals surface area contributed by atoms with E-state index >= 15 is 0 Å². The number of esters is 1. The van der Waals surface area contributed by atoms with Gasteiger partial charge >= 0.3 is 5.97 Å². The van der Waals surface area contributed by atoms with Gasteiger partial charge in [0.25, 0.3) is 0 Å². The maximum Gasteiger partial charge on any atom is 0.315 e. The van der Waals surface area contributed by atoms with Crippen LogP contribution < -0.4 is 0 Å². The van der Waals surface area contributed by atoms with Crippen molar-refractivity contribution in [1.29, 1.82) is 0 Å².